The zero-order chi connectivity index (χ0) is 13.4. The van der Waals surface area contributed by atoms with Crippen LogP contribution < -0.4 is 4.90 Å². The lowest BCUT2D eigenvalue weighted by molar-refractivity contribution is -0.141. The van der Waals surface area contributed by atoms with Crippen LogP contribution in [0.15, 0.2) is 30.3 Å². The molecule has 1 aliphatic carbocycles. The second-order valence-corrected chi connectivity index (χ2v) is 5.31. The number of piperazine rings is 1. The monoisotopic (exact) mass is 258 g/mol. The van der Waals surface area contributed by atoms with Crippen LogP contribution in [-0.4, -0.2) is 35.8 Å². The Bertz CT molecular complexity index is 496. The lowest BCUT2D eigenvalue weighted by Crippen LogP contribution is -2.58. The van der Waals surface area contributed by atoms with Gasteiger partial charge in [-0.05, 0) is 31.9 Å². The van der Waals surface area contributed by atoms with Gasteiger partial charge in [-0.2, -0.15) is 0 Å². The zero-order valence-corrected chi connectivity index (χ0v) is 11.1. The first kappa shape index (κ1) is 12.2. The van der Waals surface area contributed by atoms with Gasteiger partial charge in [0.1, 0.15) is 6.04 Å². The van der Waals surface area contributed by atoms with Gasteiger partial charge in [0.15, 0.2) is 0 Å². The minimum absolute atomic E-state index is 0.0199. The van der Waals surface area contributed by atoms with Crippen molar-refractivity contribution in [2.75, 3.05) is 18.0 Å². The van der Waals surface area contributed by atoms with Gasteiger partial charge < -0.3 is 9.80 Å². The average Bonchev–Trinajstić information content (AvgIpc) is 3.26. The number of amides is 2. The lowest BCUT2D eigenvalue weighted by Gasteiger charge is -2.39. The molecule has 0 aromatic heterocycles. The molecule has 0 bridgehead atoms. The predicted molar refractivity (Wildman–Crippen MR) is 72.7 cm³/mol. The highest BCUT2D eigenvalue weighted by Gasteiger charge is 2.40. The summed E-state index contributed by atoms with van der Waals surface area (Å²) in [5.41, 5.74) is 0.915. The lowest BCUT2D eigenvalue weighted by atomic mass is 10.1. The Balaban J connectivity index is 1.76. The molecule has 0 spiro atoms. The molecule has 1 unspecified atom stereocenters. The summed E-state index contributed by atoms with van der Waals surface area (Å²) in [6.45, 7) is 3.06. The fourth-order valence-corrected chi connectivity index (χ4v) is 2.60. The van der Waals surface area contributed by atoms with E-state index in [0.29, 0.717) is 13.1 Å². The smallest absolute Gasteiger partial charge is 0.249 e. The average molecular weight is 258 g/mol. The van der Waals surface area contributed by atoms with Crippen LogP contribution in [-0.2, 0) is 9.59 Å². The molecule has 19 heavy (non-hydrogen) atoms. The molecule has 1 saturated carbocycles. The molecule has 1 heterocycles. The summed E-state index contributed by atoms with van der Waals surface area (Å²) in [5.74, 6) is 0.360. The van der Waals surface area contributed by atoms with Gasteiger partial charge in [-0.15, -0.1) is 0 Å². The van der Waals surface area contributed by atoms with E-state index < -0.39 is 0 Å². The van der Waals surface area contributed by atoms with E-state index in [1.54, 1.807) is 9.80 Å². The molecule has 1 aromatic carbocycles. The molecule has 100 valence electrons. The van der Waals surface area contributed by atoms with Crippen molar-refractivity contribution in [3.63, 3.8) is 0 Å². The number of rotatable bonds is 2. The number of carbonyl (C=O) groups is 2. The first-order valence-corrected chi connectivity index (χ1v) is 6.85. The molecule has 1 aliphatic heterocycles. The molecule has 1 saturated heterocycles. The third-order valence-corrected chi connectivity index (χ3v) is 3.93. The Morgan fingerprint density at radius 2 is 1.84 bits per heavy atom. The Morgan fingerprint density at radius 1 is 1.16 bits per heavy atom. The van der Waals surface area contributed by atoms with E-state index in [0.717, 1.165) is 18.5 Å². The standard InChI is InChI=1S/C15H18N2O2/c1-11-14(18)17(13-5-3-2-4-6-13)10-9-16(11)15(19)12-7-8-12/h2-6,11-12H,7-10H2,1H3. The number of hydrogen-bond acceptors (Lipinski definition) is 2. The third kappa shape index (κ3) is 2.23. The van der Waals surface area contributed by atoms with Gasteiger partial charge in [-0.1, -0.05) is 18.2 Å². The maximum Gasteiger partial charge on any atom is 0.249 e. The molecule has 4 heteroatoms. The molecule has 1 aromatic rings. The number of hydrogen-bond donors (Lipinski definition) is 0. The summed E-state index contributed by atoms with van der Waals surface area (Å²) in [7, 11) is 0. The highest BCUT2D eigenvalue weighted by Crippen LogP contribution is 2.32. The van der Waals surface area contributed by atoms with Gasteiger partial charge in [-0.25, -0.2) is 0 Å². The van der Waals surface area contributed by atoms with Crippen molar-refractivity contribution in [1.82, 2.24) is 4.90 Å². The second kappa shape index (κ2) is 4.68. The Kier molecular flexibility index (Phi) is 3.01. The van der Waals surface area contributed by atoms with Crippen LogP contribution in [0.2, 0.25) is 0 Å². The van der Waals surface area contributed by atoms with Gasteiger partial charge >= 0.3 is 0 Å². The van der Waals surface area contributed by atoms with Crippen LogP contribution in [0.1, 0.15) is 19.8 Å². The van der Waals surface area contributed by atoms with Crippen molar-refractivity contribution in [3.05, 3.63) is 30.3 Å². The SMILES string of the molecule is CC1C(=O)N(c2ccccc2)CCN1C(=O)C1CC1. The van der Waals surface area contributed by atoms with Crippen molar-refractivity contribution in [1.29, 1.82) is 0 Å². The molecular formula is C15H18N2O2. The number of benzene rings is 1. The fraction of sp³-hybridized carbons (Fsp3) is 0.467. The van der Waals surface area contributed by atoms with Crippen molar-refractivity contribution in [3.8, 4) is 0 Å². The van der Waals surface area contributed by atoms with Gasteiger partial charge in [0, 0.05) is 24.7 Å². The Labute approximate surface area is 113 Å². The maximum atomic E-state index is 12.4. The van der Waals surface area contributed by atoms with Crippen molar-refractivity contribution in [2.24, 2.45) is 5.92 Å². The van der Waals surface area contributed by atoms with Gasteiger partial charge in [0.25, 0.3) is 0 Å². The van der Waals surface area contributed by atoms with Gasteiger partial charge in [0.05, 0.1) is 0 Å². The molecule has 3 rings (SSSR count). The van der Waals surface area contributed by atoms with E-state index in [2.05, 4.69) is 0 Å². The third-order valence-electron chi connectivity index (χ3n) is 3.93. The molecular weight excluding hydrogens is 240 g/mol. The van der Waals surface area contributed by atoms with Crippen molar-refractivity contribution < 1.29 is 9.59 Å². The van der Waals surface area contributed by atoms with E-state index in [9.17, 15) is 9.59 Å². The maximum absolute atomic E-state index is 12.4. The highest BCUT2D eigenvalue weighted by molar-refractivity contribution is 6.00. The number of anilines is 1. The van der Waals surface area contributed by atoms with E-state index in [1.165, 1.54) is 0 Å². The summed E-state index contributed by atoms with van der Waals surface area (Å²) < 4.78 is 0. The first-order chi connectivity index (χ1) is 9.18. The van der Waals surface area contributed by atoms with E-state index >= 15 is 0 Å². The molecule has 0 N–H and O–H groups in total. The summed E-state index contributed by atoms with van der Waals surface area (Å²) in [6.07, 6.45) is 1.97. The minimum Gasteiger partial charge on any atom is -0.329 e. The van der Waals surface area contributed by atoms with E-state index in [-0.39, 0.29) is 23.8 Å². The van der Waals surface area contributed by atoms with Gasteiger partial charge in [-0.3, -0.25) is 9.59 Å². The van der Waals surface area contributed by atoms with Gasteiger partial charge in [0.2, 0.25) is 11.8 Å². The van der Waals surface area contributed by atoms with Crippen LogP contribution >= 0.6 is 0 Å². The van der Waals surface area contributed by atoms with E-state index in [1.807, 2.05) is 37.3 Å². The van der Waals surface area contributed by atoms with Crippen LogP contribution in [0.5, 0.6) is 0 Å². The predicted octanol–water partition coefficient (Wildman–Crippen LogP) is 1.66. The summed E-state index contributed by atoms with van der Waals surface area (Å²) >= 11 is 0. The molecule has 2 fully saturated rings. The van der Waals surface area contributed by atoms with Crippen LogP contribution in [0.25, 0.3) is 0 Å². The van der Waals surface area contributed by atoms with Crippen LogP contribution in [0.3, 0.4) is 0 Å². The number of carbonyl (C=O) groups excluding carboxylic acids is 2. The quantitative estimate of drug-likeness (QED) is 0.809. The number of nitrogens with zero attached hydrogens (tertiary/aromatic N) is 2. The summed E-state index contributed by atoms with van der Waals surface area (Å²) in [6, 6.07) is 9.31. The number of para-hydroxylation sites is 1. The molecule has 2 aliphatic rings. The topological polar surface area (TPSA) is 40.6 Å². The van der Waals surface area contributed by atoms with Crippen LogP contribution in [0, 0.1) is 5.92 Å². The van der Waals surface area contributed by atoms with Crippen molar-refractivity contribution >= 4 is 17.5 Å². The summed E-state index contributed by atoms with van der Waals surface area (Å²) in [4.78, 5) is 28.1. The minimum atomic E-state index is -0.345. The first-order valence-electron chi connectivity index (χ1n) is 6.85. The highest BCUT2D eigenvalue weighted by atomic mass is 16.2. The molecule has 4 nitrogen and oxygen atoms in total. The molecule has 1 atom stereocenters. The van der Waals surface area contributed by atoms with Crippen LogP contribution in [0.4, 0.5) is 5.69 Å². The second-order valence-electron chi connectivity index (χ2n) is 5.31. The zero-order valence-electron chi connectivity index (χ0n) is 11.1. The fourth-order valence-electron chi connectivity index (χ4n) is 2.60. The summed E-state index contributed by atoms with van der Waals surface area (Å²) in [5, 5.41) is 0. The normalized spacial score (nSPS) is 23.6. The van der Waals surface area contributed by atoms with Crippen molar-refractivity contribution in [2.45, 2.75) is 25.8 Å². The molecule has 0 radical (unpaired) electrons. The molecule has 2 amide bonds. The Hall–Kier alpha value is -1.84. The largest absolute Gasteiger partial charge is 0.329 e. The van der Waals surface area contributed by atoms with E-state index in [4.69, 9.17) is 0 Å². The Morgan fingerprint density at radius 3 is 2.47 bits per heavy atom.